The molecule has 3 N–H and O–H groups in total. The Morgan fingerprint density at radius 3 is 2.53 bits per heavy atom. The highest BCUT2D eigenvalue weighted by atomic mass is 19.1. The van der Waals surface area contributed by atoms with Gasteiger partial charge in [-0.15, -0.1) is 0 Å². The Morgan fingerprint density at radius 2 is 1.76 bits per heavy atom. The van der Waals surface area contributed by atoms with Crippen LogP contribution in [0.4, 0.5) is 10.1 Å². The van der Waals surface area contributed by atoms with Crippen molar-refractivity contribution in [2.24, 2.45) is 5.92 Å². The molecule has 1 saturated heterocycles. The van der Waals surface area contributed by atoms with Crippen molar-refractivity contribution >= 4 is 28.4 Å². The summed E-state index contributed by atoms with van der Waals surface area (Å²) in [5.41, 5.74) is 1.63. The number of halogens is 1. The maximum Gasteiger partial charge on any atom is 0.313 e. The SMILES string of the molecule is CCOc1ccccc1CCNC(=O)C(=O)Nc1ccc(Oc2ccnc3cc(OCC4CCNCC4)c(OC)cc23)c(F)c1. The standard InChI is InChI=1S/C34H37FN4O6/c1-3-43-28-7-5-4-6-23(28)12-16-38-33(40)34(41)39-24-8-9-30(26(35)18-24)45-29-13-17-37-27-20-32(31(42-2)19-25(27)29)44-21-22-10-14-36-15-11-22/h4-9,13,17-20,22,36H,3,10-12,14-16,21H2,1-2H3,(H,38,40)(H,39,41). The van der Waals surface area contributed by atoms with E-state index in [-0.39, 0.29) is 18.0 Å². The largest absolute Gasteiger partial charge is 0.494 e. The maximum absolute atomic E-state index is 15.1. The molecule has 0 radical (unpaired) electrons. The van der Waals surface area contributed by atoms with E-state index in [1.54, 1.807) is 31.5 Å². The van der Waals surface area contributed by atoms with E-state index in [4.69, 9.17) is 18.9 Å². The minimum atomic E-state index is -0.911. The molecular formula is C34H37FN4O6. The normalized spacial score (nSPS) is 13.2. The smallest absolute Gasteiger partial charge is 0.313 e. The van der Waals surface area contributed by atoms with Gasteiger partial charge in [0.15, 0.2) is 23.1 Å². The fourth-order valence-corrected chi connectivity index (χ4v) is 5.11. The molecule has 1 aliphatic rings. The Balaban J connectivity index is 1.20. The van der Waals surface area contributed by atoms with E-state index in [0.29, 0.717) is 53.7 Å². The Bertz CT molecular complexity index is 1640. The third kappa shape index (κ3) is 8.18. The monoisotopic (exact) mass is 616 g/mol. The molecule has 236 valence electrons. The molecule has 1 aliphatic heterocycles. The molecule has 0 spiro atoms. The molecule has 0 bridgehead atoms. The summed E-state index contributed by atoms with van der Waals surface area (Å²) in [6.45, 7) is 5.19. The number of ether oxygens (including phenoxy) is 4. The van der Waals surface area contributed by atoms with Crippen LogP contribution in [-0.4, -0.2) is 56.8 Å². The Kier molecular flexibility index (Phi) is 10.7. The zero-order chi connectivity index (χ0) is 31.6. The summed E-state index contributed by atoms with van der Waals surface area (Å²) < 4.78 is 38.3. The number of piperidine rings is 1. The fraction of sp³-hybridized carbons (Fsp3) is 0.324. The number of nitrogens with zero attached hydrogens (tertiary/aromatic N) is 1. The second kappa shape index (κ2) is 15.2. The van der Waals surface area contributed by atoms with Crippen LogP contribution in [0.2, 0.25) is 0 Å². The van der Waals surface area contributed by atoms with Gasteiger partial charge in [-0.25, -0.2) is 4.39 Å². The summed E-state index contributed by atoms with van der Waals surface area (Å²) in [5, 5.41) is 8.97. The molecular weight excluding hydrogens is 579 g/mol. The van der Waals surface area contributed by atoms with Crippen LogP contribution in [0, 0.1) is 11.7 Å². The van der Waals surface area contributed by atoms with Crippen molar-refractivity contribution in [1.82, 2.24) is 15.6 Å². The summed E-state index contributed by atoms with van der Waals surface area (Å²) in [4.78, 5) is 29.3. The number of anilines is 1. The van der Waals surface area contributed by atoms with Crippen molar-refractivity contribution in [3.8, 4) is 28.7 Å². The van der Waals surface area contributed by atoms with Crippen molar-refractivity contribution in [2.75, 3.05) is 45.3 Å². The minimum Gasteiger partial charge on any atom is -0.494 e. The number of carbonyl (C=O) groups excluding carboxylic acids is 2. The van der Waals surface area contributed by atoms with Crippen LogP contribution in [0.15, 0.2) is 66.9 Å². The lowest BCUT2D eigenvalue weighted by Gasteiger charge is -2.23. The lowest BCUT2D eigenvalue weighted by molar-refractivity contribution is -0.136. The lowest BCUT2D eigenvalue weighted by atomic mass is 9.99. The van der Waals surface area contributed by atoms with Crippen LogP contribution in [-0.2, 0) is 16.0 Å². The summed E-state index contributed by atoms with van der Waals surface area (Å²) in [6.07, 6.45) is 4.16. The van der Waals surface area contributed by atoms with Crippen LogP contribution in [0.25, 0.3) is 10.9 Å². The molecule has 1 fully saturated rings. The number of benzene rings is 3. The van der Waals surface area contributed by atoms with E-state index in [2.05, 4.69) is 20.9 Å². The molecule has 2 heterocycles. The molecule has 0 unspecified atom stereocenters. The van der Waals surface area contributed by atoms with Gasteiger partial charge in [-0.05, 0) is 81.1 Å². The zero-order valence-electron chi connectivity index (χ0n) is 25.4. The van der Waals surface area contributed by atoms with E-state index in [1.165, 1.54) is 12.1 Å². The third-order valence-electron chi connectivity index (χ3n) is 7.49. The van der Waals surface area contributed by atoms with Gasteiger partial charge in [0.1, 0.15) is 11.5 Å². The number of rotatable bonds is 12. The second-order valence-corrected chi connectivity index (χ2v) is 10.6. The predicted octanol–water partition coefficient (Wildman–Crippen LogP) is 5.25. The van der Waals surface area contributed by atoms with Gasteiger partial charge < -0.3 is 34.9 Å². The van der Waals surface area contributed by atoms with E-state index in [9.17, 15) is 9.59 Å². The van der Waals surface area contributed by atoms with E-state index < -0.39 is 17.6 Å². The summed E-state index contributed by atoms with van der Waals surface area (Å²) in [7, 11) is 1.56. The number of hydrogen-bond donors (Lipinski definition) is 3. The Morgan fingerprint density at radius 1 is 0.933 bits per heavy atom. The van der Waals surface area contributed by atoms with Crippen LogP contribution < -0.4 is 34.9 Å². The van der Waals surface area contributed by atoms with Crippen molar-refractivity contribution in [2.45, 2.75) is 26.2 Å². The predicted molar refractivity (Wildman–Crippen MR) is 169 cm³/mol. The number of hydrogen-bond acceptors (Lipinski definition) is 8. The van der Waals surface area contributed by atoms with Gasteiger partial charge in [0.25, 0.3) is 0 Å². The van der Waals surface area contributed by atoms with E-state index in [0.717, 1.165) is 43.3 Å². The first-order valence-electron chi connectivity index (χ1n) is 15.0. The quantitative estimate of drug-likeness (QED) is 0.185. The van der Waals surface area contributed by atoms with Gasteiger partial charge in [0, 0.05) is 35.9 Å². The molecule has 45 heavy (non-hydrogen) atoms. The van der Waals surface area contributed by atoms with E-state index in [1.807, 2.05) is 31.2 Å². The summed E-state index contributed by atoms with van der Waals surface area (Å²) >= 11 is 0. The number of carbonyl (C=O) groups is 2. The average molecular weight is 617 g/mol. The highest BCUT2D eigenvalue weighted by Gasteiger charge is 2.18. The van der Waals surface area contributed by atoms with Gasteiger partial charge in [0.2, 0.25) is 0 Å². The van der Waals surface area contributed by atoms with Crippen molar-refractivity contribution in [3.05, 3.63) is 78.2 Å². The first kappa shape index (κ1) is 31.5. The van der Waals surface area contributed by atoms with Crippen LogP contribution >= 0.6 is 0 Å². The number of nitrogens with one attached hydrogen (secondary N) is 3. The summed E-state index contributed by atoms with van der Waals surface area (Å²) in [5.74, 6) is 0.133. The average Bonchev–Trinajstić information content (AvgIpc) is 3.06. The first-order chi connectivity index (χ1) is 21.9. The highest BCUT2D eigenvalue weighted by molar-refractivity contribution is 6.39. The number of amides is 2. The van der Waals surface area contributed by atoms with Crippen molar-refractivity contribution in [1.29, 1.82) is 0 Å². The number of methoxy groups -OCH3 is 1. The van der Waals surface area contributed by atoms with Crippen LogP contribution in [0.3, 0.4) is 0 Å². The van der Waals surface area contributed by atoms with Gasteiger partial charge in [-0.1, -0.05) is 18.2 Å². The third-order valence-corrected chi connectivity index (χ3v) is 7.49. The molecule has 4 aromatic rings. The lowest BCUT2D eigenvalue weighted by Crippen LogP contribution is -2.36. The van der Waals surface area contributed by atoms with Crippen molar-refractivity contribution in [3.63, 3.8) is 0 Å². The number of fused-ring (bicyclic) bond motifs is 1. The Labute approximate surface area is 261 Å². The van der Waals surface area contributed by atoms with Crippen molar-refractivity contribution < 1.29 is 32.9 Å². The summed E-state index contributed by atoms with van der Waals surface area (Å²) in [6, 6.07) is 16.6. The van der Waals surface area contributed by atoms with Gasteiger partial charge in [-0.2, -0.15) is 0 Å². The second-order valence-electron chi connectivity index (χ2n) is 10.6. The fourth-order valence-electron chi connectivity index (χ4n) is 5.11. The van der Waals surface area contributed by atoms with Gasteiger partial charge >= 0.3 is 11.8 Å². The minimum absolute atomic E-state index is 0.0666. The Hall–Kier alpha value is -4.90. The molecule has 2 amide bonds. The van der Waals surface area contributed by atoms with Gasteiger partial charge in [0.05, 0.1) is 25.8 Å². The number of aromatic nitrogens is 1. The molecule has 5 rings (SSSR count). The van der Waals surface area contributed by atoms with E-state index >= 15 is 4.39 Å². The topological polar surface area (TPSA) is 120 Å². The maximum atomic E-state index is 15.1. The first-order valence-corrected chi connectivity index (χ1v) is 15.0. The highest BCUT2D eigenvalue weighted by Crippen LogP contribution is 2.38. The van der Waals surface area contributed by atoms with Crippen LogP contribution in [0.5, 0.6) is 28.7 Å². The molecule has 3 aromatic carbocycles. The molecule has 0 atom stereocenters. The molecule has 1 aromatic heterocycles. The van der Waals surface area contributed by atoms with Gasteiger partial charge in [-0.3, -0.25) is 14.6 Å². The molecule has 0 aliphatic carbocycles. The van der Waals surface area contributed by atoms with Crippen LogP contribution in [0.1, 0.15) is 25.3 Å². The zero-order valence-corrected chi connectivity index (χ0v) is 25.4. The number of para-hydroxylation sites is 1. The molecule has 0 saturated carbocycles. The molecule has 11 heteroatoms. The molecule has 10 nitrogen and oxygen atoms in total. The number of pyridine rings is 1.